The van der Waals surface area contributed by atoms with Gasteiger partial charge in [-0.3, -0.25) is 4.79 Å². The Morgan fingerprint density at radius 1 is 1.26 bits per heavy atom. The van der Waals surface area contributed by atoms with E-state index in [9.17, 15) is 9.59 Å². The molecular formula is C17H19NO4S. The van der Waals surface area contributed by atoms with Crippen LogP contribution in [0, 0.1) is 0 Å². The fourth-order valence-electron chi connectivity index (χ4n) is 1.97. The van der Waals surface area contributed by atoms with Crippen molar-refractivity contribution in [2.75, 3.05) is 0 Å². The Bertz CT molecular complexity index is 695. The van der Waals surface area contributed by atoms with Crippen LogP contribution in [-0.2, 0) is 5.75 Å². The molecule has 0 aliphatic rings. The molecule has 2 aromatic rings. The molecular weight excluding hydrogens is 314 g/mol. The van der Waals surface area contributed by atoms with Crippen LogP contribution in [0.2, 0.25) is 0 Å². The van der Waals surface area contributed by atoms with Gasteiger partial charge >= 0.3 is 5.97 Å². The molecule has 0 saturated heterocycles. The van der Waals surface area contributed by atoms with Gasteiger partial charge in [0, 0.05) is 10.9 Å². The summed E-state index contributed by atoms with van der Waals surface area (Å²) >= 11 is 1.38. The fourth-order valence-corrected chi connectivity index (χ4v) is 2.97. The number of amides is 1. The van der Waals surface area contributed by atoms with E-state index in [2.05, 4.69) is 5.32 Å². The maximum atomic E-state index is 12.3. The van der Waals surface area contributed by atoms with Crippen LogP contribution >= 0.6 is 11.8 Å². The molecule has 0 fully saturated rings. The zero-order valence-corrected chi connectivity index (χ0v) is 13.9. The molecule has 0 saturated carbocycles. The summed E-state index contributed by atoms with van der Waals surface area (Å²) in [6.45, 7) is 3.96. The molecule has 0 bridgehead atoms. The number of carbonyl (C=O) groups is 2. The zero-order chi connectivity index (χ0) is 16.8. The highest BCUT2D eigenvalue weighted by Gasteiger charge is 2.16. The molecule has 122 valence electrons. The van der Waals surface area contributed by atoms with E-state index in [1.165, 1.54) is 24.1 Å². The van der Waals surface area contributed by atoms with E-state index in [4.69, 9.17) is 9.52 Å². The number of thioether (sulfide) groups is 1. The average Bonchev–Trinajstić information content (AvgIpc) is 3.01. The lowest BCUT2D eigenvalue weighted by Gasteiger charge is -2.13. The minimum absolute atomic E-state index is 0.101. The molecule has 1 unspecified atom stereocenters. The number of benzene rings is 1. The average molecular weight is 333 g/mol. The Balaban J connectivity index is 2.13. The van der Waals surface area contributed by atoms with Crippen LogP contribution in [0.3, 0.4) is 0 Å². The molecule has 6 heteroatoms. The second-order valence-corrected chi connectivity index (χ2v) is 6.15. The Labute approximate surface area is 139 Å². The van der Waals surface area contributed by atoms with Crippen molar-refractivity contribution in [3.8, 4) is 0 Å². The van der Waals surface area contributed by atoms with Crippen molar-refractivity contribution in [3.63, 3.8) is 0 Å². The summed E-state index contributed by atoms with van der Waals surface area (Å²) in [7, 11) is 0. The highest BCUT2D eigenvalue weighted by molar-refractivity contribution is 7.98. The minimum Gasteiger partial charge on any atom is -0.478 e. The van der Waals surface area contributed by atoms with Crippen molar-refractivity contribution in [3.05, 3.63) is 53.5 Å². The molecule has 0 aliphatic carbocycles. The standard InChI is InChI=1S/C17H19NO4S/c1-3-11(2)18-16(19)13-6-4-5-7-15(13)23-10-14-12(17(20)21)8-9-22-14/h4-9,11H,3,10H2,1-2H3,(H,18,19)(H,20,21). The molecule has 0 radical (unpaired) electrons. The van der Waals surface area contributed by atoms with Gasteiger partial charge in [-0.15, -0.1) is 11.8 Å². The Morgan fingerprint density at radius 2 is 2.00 bits per heavy atom. The number of carboxylic acids is 1. The molecule has 1 aromatic heterocycles. The van der Waals surface area contributed by atoms with E-state index in [1.807, 2.05) is 32.0 Å². The Kier molecular flexibility index (Phi) is 5.87. The topological polar surface area (TPSA) is 79.5 Å². The van der Waals surface area contributed by atoms with Gasteiger partial charge < -0.3 is 14.8 Å². The Hall–Kier alpha value is -2.21. The number of rotatable bonds is 7. The molecule has 1 heterocycles. The van der Waals surface area contributed by atoms with E-state index < -0.39 is 5.97 Å². The summed E-state index contributed by atoms with van der Waals surface area (Å²) in [6, 6.07) is 8.80. The molecule has 1 amide bonds. The molecule has 1 aromatic carbocycles. The predicted molar refractivity (Wildman–Crippen MR) is 88.9 cm³/mol. The molecule has 1 atom stereocenters. The molecule has 23 heavy (non-hydrogen) atoms. The van der Waals surface area contributed by atoms with Crippen molar-refractivity contribution in [2.45, 2.75) is 37.0 Å². The van der Waals surface area contributed by atoms with Gasteiger partial charge in [0.15, 0.2) is 0 Å². The zero-order valence-electron chi connectivity index (χ0n) is 13.0. The van der Waals surface area contributed by atoms with Crippen LogP contribution in [0.25, 0.3) is 0 Å². The first-order valence-electron chi connectivity index (χ1n) is 7.35. The maximum Gasteiger partial charge on any atom is 0.339 e. The van der Waals surface area contributed by atoms with Crippen LogP contribution in [0.15, 0.2) is 45.9 Å². The first kappa shape index (κ1) is 17.1. The van der Waals surface area contributed by atoms with Crippen molar-refractivity contribution in [1.29, 1.82) is 0 Å². The molecule has 2 rings (SSSR count). The van der Waals surface area contributed by atoms with Gasteiger partial charge in [0.05, 0.1) is 17.6 Å². The number of carboxylic acid groups (broad SMARTS) is 1. The SMILES string of the molecule is CCC(C)NC(=O)c1ccccc1SCc1occc1C(=O)O. The monoisotopic (exact) mass is 333 g/mol. The first-order valence-corrected chi connectivity index (χ1v) is 8.33. The highest BCUT2D eigenvalue weighted by atomic mass is 32.2. The number of nitrogens with one attached hydrogen (secondary N) is 1. The number of hydrogen-bond acceptors (Lipinski definition) is 4. The summed E-state index contributed by atoms with van der Waals surface area (Å²) in [5.74, 6) is -0.403. The van der Waals surface area contributed by atoms with Gasteiger partial charge in [-0.2, -0.15) is 0 Å². The van der Waals surface area contributed by atoms with Crippen molar-refractivity contribution >= 4 is 23.6 Å². The summed E-state index contributed by atoms with van der Waals surface area (Å²) in [4.78, 5) is 24.2. The van der Waals surface area contributed by atoms with Gasteiger partial charge in [0.25, 0.3) is 5.91 Å². The van der Waals surface area contributed by atoms with E-state index in [0.717, 1.165) is 11.3 Å². The van der Waals surface area contributed by atoms with Crippen molar-refractivity contribution in [2.24, 2.45) is 0 Å². The van der Waals surface area contributed by atoms with Gasteiger partial charge in [0.2, 0.25) is 0 Å². The molecule has 2 N–H and O–H groups in total. The second-order valence-electron chi connectivity index (χ2n) is 5.13. The second kappa shape index (κ2) is 7.87. The quantitative estimate of drug-likeness (QED) is 0.753. The highest BCUT2D eigenvalue weighted by Crippen LogP contribution is 2.28. The van der Waals surface area contributed by atoms with Crippen LogP contribution in [0.4, 0.5) is 0 Å². The van der Waals surface area contributed by atoms with Crippen LogP contribution in [0.1, 0.15) is 46.7 Å². The summed E-state index contributed by atoms with van der Waals surface area (Å²) in [5, 5.41) is 12.0. The summed E-state index contributed by atoms with van der Waals surface area (Å²) in [6.07, 6.45) is 2.22. The maximum absolute atomic E-state index is 12.3. The van der Waals surface area contributed by atoms with E-state index in [1.54, 1.807) is 6.07 Å². The van der Waals surface area contributed by atoms with Gasteiger partial charge in [-0.25, -0.2) is 4.79 Å². The third-order valence-electron chi connectivity index (χ3n) is 3.46. The first-order chi connectivity index (χ1) is 11.0. The van der Waals surface area contributed by atoms with E-state index in [-0.39, 0.29) is 17.5 Å². The fraction of sp³-hybridized carbons (Fsp3) is 0.294. The van der Waals surface area contributed by atoms with Crippen LogP contribution in [-0.4, -0.2) is 23.0 Å². The summed E-state index contributed by atoms with van der Waals surface area (Å²) in [5.41, 5.74) is 0.736. The molecule has 0 spiro atoms. The van der Waals surface area contributed by atoms with E-state index in [0.29, 0.717) is 17.1 Å². The Morgan fingerprint density at radius 3 is 2.70 bits per heavy atom. The van der Waals surface area contributed by atoms with Gasteiger partial charge in [-0.1, -0.05) is 19.1 Å². The number of carbonyl (C=O) groups excluding carboxylic acids is 1. The van der Waals surface area contributed by atoms with Gasteiger partial charge in [-0.05, 0) is 31.5 Å². The smallest absolute Gasteiger partial charge is 0.339 e. The van der Waals surface area contributed by atoms with Gasteiger partial charge in [0.1, 0.15) is 11.3 Å². The van der Waals surface area contributed by atoms with Crippen molar-refractivity contribution < 1.29 is 19.1 Å². The third kappa shape index (κ3) is 4.39. The number of aromatic carboxylic acids is 1. The third-order valence-corrected chi connectivity index (χ3v) is 4.53. The van der Waals surface area contributed by atoms with E-state index >= 15 is 0 Å². The molecule has 5 nitrogen and oxygen atoms in total. The number of furan rings is 1. The summed E-state index contributed by atoms with van der Waals surface area (Å²) < 4.78 is 5.23. The van der Waals surface area contributed by atoms with Crippen molar-refractivity contribution in [1.82, 2.24) is 5.32 Å². The normalized spacial score (nSPS) is 11.9. The van der Waals surface area contributed by atoms with Crippen LogP contribution < -0.4 is 5.32 Å². The lowest BCUT2D eigenvalue weighted by molar-refractivity contribution is 0.0694. The minimum atomic E-state index is -1.02. The lowest BCUT2D eigenvalue weighted by Crippen LogP contribution is -2.32. The largest absolute Gasteiger partial charge is 0.478 e. The number of hydrogen-bond donors (Lipinski definition) is 2. The predicted octanol–water partition coefficient (Wildman–Crippen LogP) is 3.80. The van der Waals surface area contributed by atoms with Crippen LogP contribution in [0.5, 0.6) is 0 Å². The lowest BCUT2D eigenvalue weighted by atomic mass is 10.2. The molecule has 0 aliphatic heterocycles.